The first-order valence-electron chi connectivity index (χ1n) is 5.29. The van der Waals surface area contributed by atoms with Crippen LogP contribution in [0.1, 0.15) is 29.5 Å². The summed E-state index contributed by atoms with van der Waals surface area (Å²) in [5.41, 5.74) is 7.69. The molecule has 0 amide bonds. The van der Waals surface area contributed by atoms with Gasteiger partial charge < -0.3 is 5.73 Å². The Morgan fingerprint density at radius 1 is 1.31 bits per heavy atom. The average molecular weight is 232 g/mol. The van der Waals surface area contributed by atoms with Gasteiger partial charge in [-0.05, 0) is 19.8 Å². The summed E-state index contributed by atoms with van der Waals surface area (Å²) in [4.78, 5) is 13.2. The van der Waals surface area contributed by atoms with Gasteiger partial charge in [-0.3, -0.25) is 0 Å². The lowest BCUT2D eigenvalue weighted by Gasteiger charge is -2.02. The van der Waals surface area contributed by atoms with E-state index in [0.717, 1.165) is 16.4 Å². The normalized spacial score (nSPS) is 15.3. The van der Waals surface area contributed by atoms with Crippen molar-refractivity contribution in [1.29, 1.82) is 0 Å². The van der Waals surface area contributed by atoms with E-state index in [2.05, 4.69) is 15.0 Å². The highest BCUT2D eigenvalue weighted by Gasteiger charge is 2.26. The van der Waals surface area contributed by atoms with Gasteiger partial charge in [0.2, 0.25) is 0 Å². The number of hydrogen-bond donors (Lipinski definition) is 1. The van der Waals surface area contributed by atoms with Crippen LogP contribution in [0.4, 0.5) is 5.82 Å². The number of hydrogen-bond acceptors (Lipinski definition) is 5. The molecule has 0 atom stereocenters. The molecule has 0 bridgehead atoms. The monoisotopic (exact) mass is 232 g/mol. The first kappa shape index (κ1) is 9.72. The quantitative estimate of drug-likeness (QED) is 0.863. The minimum absolute atomic E-state index is 0.539. The van der Waals surface area contributed by atoms with Gasteiger partial charge >= 0.3 is 0 Å². The second kappa shape index (κ2) is 3.52. The maximum Gasteiger partial charge on any atom is 0.181 e. The highest BCUT2D eigenvalue weighted by atomic mass is 32.1. The highest BCUT2D eigenvalue weighted by molar-refractivity contribution is 7.09. The fraction of sp³-hybridized carbons (Fsp3) is 0.364. The molecule has 1 fully saturated rings. The summed E-state index contributed by atoms with van der Waals surface area (Å²) < 4.78 is 0. The van der Waals surface area contributed by atoms with E-state index >= 15 is 0 Å². The second-order valence-corrected chi connectivity index (χ2v) is 5.13. The van der Waals surface area contributed by atoms with Crippen LogP contribution in [0.5, 0.6) is 0 Å². The zero-order valence-electron chi connectivity index (χ0n) is 8.97. The summed E-state index contributed by atoms with van der Waals surface area (Å²) in [6.07, 6.45) is 2.43. The highest BCUT2D eigenvalue weighted by Crippen LogP contribution is 2.39. The lowest BCUT2D eigenvalue weighted by atomic mass is 10.2. The average Bonchev–Trinajstić information content (AvgIpc) is 3.01. The summed E-state index contributed by atoms with van der Waals surface area (Å²) in [5, 5.41) is 3.00. The third-order valence-electron chi connectivity index (χ3n) is 2.61. The third kappa shape index (κ3) is 1.78. The van der Waals surface area contributed by atoms with Gasteiger partial charge in [0.15, 0.2) is 5.82 Å². The fourth-order valence-electron chi connectivity index (χ4n) is 1.65. The standard InChI is InChI=1S/C11H12N4S/c1-6-13-9(5-16-6)11-14-8(7-2-3-7)4-10(12)15-11/h4-5,7H,2-3H2,1H3,(H2,12,14,15). The minimum atomic E-state index is 0.539. The molecule has 0 saturated heterocycles. The molecule has 16 heavy (non-hydrogen) atoms. The molecule has 1 aliphatic carbocycles. The molecule has 1 saturated carbocycles. The smallest absolute Gasteiger partial charge is 0.181 e. The Labute approximate surface area is 97.6 Å². The van der Waals surface area contributed by atoms with Crippen molar-refractivity contribution in [3.05, 3.63) is 22.1 Å². The summed E-state index contributed by atoms with van der Waals surface area (Å²) in [7, 11) is 0. The molecule has 0 unspecified atom stereocenters. The molecule has 0 aromatic carbocycles. The van der Waals surface area contributed by atoms with E-state index < -0.39 is 0 Å². The molecule has 2 heterocycles. The summed E-state index contributed by atoms with van der Waals surface area (Å²) >= 11 is 1.60. The van der Waals surface area contributed by atoms with Crippen molar-refractivity contribution >= 4 is 17.2 Å². The molecule has 2 aromatic heterocycles. The van der Waals surface area contributed by atoms with Crippen molar-refractivity contribution < 1.29 is 0 Å². The van der Waals surface area contributed by atoms with Crippen LogP contribution >= 0.6 is 11.3 Å². The number of aryl methyl sites for hydroxylation is 1. The van der Waals surface area contributed by atoms with Crippen molar-refractivity contribution in [2.45, 2.75) is 25.7 Å². The lowest BCUT2D eigenvalue weighted by Crippen LogP contribution is -1.99. The molecule has 0 aliphatic heterocycles. The van der Waals surface area contributed by atoms with Gasteiger partial charge in [-0.1, -0.05) is 0 Å². The Balaban J connectivity index is 2.06. The van der Waals surface area contributed by atoms with E-state index in [-0.39, 0.29) is 0 Å². The third-order valence-corrected chi connectivity index (χ3v) is 3.38. The lowest BCUT2D eigenvalue weighted by molar-refractivity contribution is 0.992. The minimum Gasteiger partial charge on any atom is -0.384 e. The molecule has 0 radical (unpaired) electrons. The van der Waals surface area contributed by atoms with Crippen LogP contribution in [-0.4, -0.2) is 15.0 Å². The Kier molecular flexibility index (Phi) is 2.14. The molecular formula is C11H12N4S. The van der Waals surface area contributed by atoms with Gasteiger partial charge in [-0.25, -0.2) is 15.0 Å². The molecular weight excluding hydrogens is 220 g/mol. The summed E-state index contributed by atoms with van der Waals surface area (Å²) in [6, 6.07) is 1.88. The van der Waals surface area contributed by atoms with Crippen LogP contribution in [0.15, 0.2) is 11.4 Å². The van der Waals surface area contributed by atoms with Crippen LogP contribution in [-0.2, 0) is 0 Å². The number of aromatic nitrogens is 3. The van der Waals surface area contributed by atoms with Gasteiger partial charge in [0.25, 0.3) is 0 Å². The van der Waals surface area contributed by atoms with Gasteiger partial charge in [-0.15, -0.1) is 11.3 Å². The zero-order valence-corrected chi connectivity index (χ0v) is 9.79. The van der Waals surface area contributed by atoms with Crippen molar-refractivity contribution in [1.82, 2.24) is 15.0 Å². The van der Waals surface area contributed by atoms with E-state index in [1.807, 2.05) is 18.4 Å². The number of nitrogens with zero attached hydrogens (tertiary/aromatic N) is 3. The zero-order chi connectivity index (χ0) is 11.1. The predicted molar refractivity (Wildman–Crippen MR) is 64.3 cm³/mol. The molecule has 5 heteroatoms. The van der Waals surface area contributed by atoms with E-state index in [1.165, 1.54) is 12.8 Å². The number of anilines is 1. The van der Waals surface area contributed by atoms with Gasteiger partial charge in [-0.2, -0.15) is 0 Å². The van der Waals surface area contributed by atoms with E-state index in [4.69, 9.17) is 5.73 Å². The number of nitrogens with two attached hydrogens (primary N) is 1. The Morgan fingerprint density at radius 2 is 2.12 bits per heavy atom. The van der Waals surface area contributed by atoms with Crippen molar-refractivity contribution in [3.8, 4) is 11.5 Å². The molecule has 0 spiro atoms. The van der Waals surface area contributed by atoms with E-state index in [1.54, 1.807) is 11.3 Å². The molecule has 2 N–H and O–H groups in total. The van der Waals surface area contributed by atoms with E-state index in [0.29, 0.717) is 17.6 Å². The van der Waals surface area contributed by atoms with Crippen LogP contribution in [0.3, 0.4) is 0 Å². The van der Waals surface area contributed by atoms with E-state index in [9.17, 15) is 0 Å². The Bertz CT molecular complexity index is 531. The van der Waals surface area contributed by atoms with Crippen molar-refractivity contribution in [2.24, 2.45) is 0 Å². The predicted octanol–water partition coefficient (Wildman–Crippen LogP) is 2.37. The Morgan fingerprint density at radius 3 is 2.75 bits per heavy atom. The first-order valence-corrected chi connectivity index (χ1v) is 6.17. The van der Waals surface area contributed by atoms with Crippen LogP contribution in [0.25, 0.3) is 11.5 Å². The van der Waals surface area contributed by atoms with Crippen LogP contribution in [0.2, 0.25) is 0 Å². The maximum absolute atomic E-state index is 5.79. The van der Waals surface area contributed by atoms with Crippen LogP contribution in [0, 0.1) is 6.92 Å². The van der Waals surface area contributed by atoms with Gasteiger partial charge in [0, 0.05) is 23.1 Å². The maximum atomic E-state index is 5.79. The molecule has 2 aromatic rings. The Hall–Kier alpha value is -1.49. The van der Waals surface area contributed by atoms with Crippen molar-refractivity contribution in [3.63, 3.8) is 0 Å². The number of thiazole rings is 1. The van der Waals surface area contributed by atoms with Gasteiger partial charge in [0.05, 0.1) is 5.01 Å². The molecule has 3 rings (SSSR count). The largest absolute Gasteiger partial charge is 0.384 e. The molecule has 82 valence electrons. The topological polar surface area (TPSA) is 64.7 Å². The second-order valence-electron chi connectivity index (χ2n) is 4.07. The summed E-state index contributed by atoms with van der Waals surface area (Å²) in [6.45, 7) is 1.97. The molecule has 4 nitrogen and oxygen atoms in total. The number of nitrogen functional groups attached to an aromatic ring is 1. The summed E-state index contributed by atoms with van der Waals surface area (Å²) in [5.74, 6) is 1.78. The van der Waals surface area contributed by atoms with Crippen LogP contribution < -0.4 is 5.73 Å². The van der Waals surface area contributed by atoms with Crippen molar-refractivity contribution in [2.75, 3.05) is 5.73 Å². The fourth-order valence-corrected chi connectivity index (χ4v) is 2.25. The number of rotatable bonds is 2. The SMILES string of the molecule is Cc1nc(-c2nc(N)cc(C3CC3)n2)cs1. The molecule has 1 aliphatic rings. The first-order chi connectivity index (χ1) is 7.72. The van der Waals surface area contributed by atoms with Gasteiger partial charge in [0.1, 0.15) is 11.5 Å².